The lowest BCUT2D eigenvalue weighted by Crippen LogP contribution is -2.23. The fraction of sp³-hybridized carbons (Fsp3) is 0.500. The van der Waals surface area contributed by atoms with Crippen LogP contribution in [0.4, 0.5) is 0 Å². The maximum atomic E-state index is 11.1. The number of nitrogens with zero attached hydrogens (tertiary/aromatic N) is 1. The SMILES string of the molecule is CSCCCN(C)CCc1ccccc1C(=O)O. The van der Waals surface area contributed by atoms with Crippen LogP contribution in [0.1, 0.15) is 22.3 Å². The summed E-state index contributed by atoms with van der Waals surface area (Å²) in [6.07, 6.45) is 4.08. The summed E-state index contributed by atoms with van der Waals surface area (Å²) in [6, 6.07) is 7.25. The van der Waals surface area contributed by atoms with Crippen molar-refractivity contribution in [3.05, 3.63) is 35.4 Å². The van der Waals surface area contributed by atoms with E-state index in [0.29, 0.717) is 5.56 Å². The van der Waals surface area contributed by atoms with Gasteiger partial charge < -0.3 is 10.0 Å². The van der Waals surface area contributed by atoms with E-state index in [1.165, 1.54) is 12.2 Å². The molecule has 3 nitrogen and oxygen atoms in total. The van der Waals surface area contributed by atoms with Crippen LogP contribution in [0.3, 0.4) is 0 Å². The van der Waals surface area contributed by atoms with E-state index < -0.39 is 5.97 Å². The van der Waals surface area contributed by atoms with E-state index >= 15 is 0 Å². The zero-order valence-electron chi connectivity index (χ0n) is 11.1. The smallest absolute Gasteiger partial charge is 0.335 e. The second kappa shape index (κ2) is 8.16. The van der Waals surface area contributed by atoms with E-state index in [4.69, 9.17) is 5.11 Å². The van der Waals surface area contributed by atoms with Gasteiger partial charge in [-0.05, 0) is 50.1 Å². The van der Waals surface area contributed by atoms with Crippen molar-refractivity contribution in [3.8, 4) is 0 Å². The standard InChI is InChI=1S/C14H21NO2S/c1-15(9-5-11-18-2)10-8-12-6-3-4-7-13(12)14(16)17/h3-4,6-7H,5,8-11H2,1-2H3,(H,16,17). The number of carbonyl (C=O) groups is 1. The number of hydrogen-bond donors (Lipinski definition) is 1. The van der Waals surface area contributed by atoms with Gasteiger partial charge in [-0.15, -0.1) is 0 Å². The molecule has 0 aliphatic carbocycles. The normalized spacial score (nSPS) is 10.8. The maximum absolute atomic E-state index is 11.1. The molecular weight excluding hydrogens is 246 g/mol. The quantitative estimate of drug-likeness (QED) is 0.735. The minimum Gasteiger partial charge on any atom is -0.478 e. The second-order valence-electron chi connectivity index (χ2n) is 4.36. The summed E-state index contributed by atoms with van der Waals surface area (Å²) >= 11 is 1.86. The van der Waals surface area contributed by atoms with E-state index in [1.807, 2.05) is 23.9 Å². The molecule has 0 fully saturated rings. The second-order valence-corrected chi connectivity index (χ2v) is 5.35. The molecule has 0 unspecified atom stereocenters. The van der Waals surface area contributed by atoms with Gasteiger partial charge in [0, 0.05) is 6.54 Å². The van der Waals surface area contributed by atoms with E-state index in [-0.39, 0.29) is 0 Å². The third kappa shape index (κ3) is 5.10. The van der Waals surface area contributed by atoms with Gasteiger partial charge in [-0.1, -0.05) is 18.2 Å². The van der Waals surface area contributed by atoms with Crippen molar-refractivity contribution in [1.82, 2.24) is 4.90 Å². The average Bonchev–Trinajstić information content (AvgIpc) is 2.37. The first-order chi connectivity index (χ1) is 8.65. The number of carboxylic acid groups (broad SMARTS) is 1. The summed E-state index contributed by atoms with van der Waals surface area (Å²) in [4.78, 5) is 13.3. The molecule has 0 aromatic heterocycles. The van der Waals surface area contributed by atoms with Crippen LogP contribution in [-0.2, 0) is 6.42 Å². The summed E-state index contributed by atoms with van der Waals surface area (Å²) < 4.78 is 0. The minimum absolute atomic E-state index is 0.426. The largest absolute Gasteiger partial charge is 0.478 e. The molecule has 0 saturated heterocycles. The van der Waals surface area contributed by atoms with Crippen molar-refractivity contribution >= 4 is 17.7 Å². The monoisotopic (exact) mass is 267 g/mol. The molecular formula is C14H21NO2S. The molecule has 1 aromatic carbocycles. The van der Waals surface area contributed by atoms with Crippen LogP contribution in [-0.4, -0.2) is 48.1 Å². The van der Waals surface area contributed by atoms with Crippen LogP contribution >= 0.6 is 11.8 Å². The van der Waals surface area contributed by atoms with Crippen molar-refractivity contribution in [3.63, 3.8) is 0 Å². The zero-order valence-corrected chi connectivity index (χ0v) is 11.9. The van der Waals surface area contributed by atoms with Crippen LogP contribution in [0.15, 0.2) is 24.3 Å². The van der Waals surface area contributed by atoms with Crippen molar-refractivity contribution in [2.75, 3.05) is 32.1 Å². The van der Waals surface area contributed by atoms with Gasteiger partial charge in [-0.25, -0.2) is 4.79 Å². The Labute approximate surface area is 113 Å². The van der Waals surface area contributed by atoms with Crippen molar-refractivity contribution in [2.24, 2.45) is 0 Å². The van der Waals surface area contributed by atoms with Crippen LogP contribution in [0.25, 0.3) is 0 Å². The highest BCUT2D eigenvalue weighted by molar-refractivity contribution is 7.98. The summed E-state index contributed by atoms with van der Waals surface area (Å²) in [6.45, 7) is 1.97. The number of likely N-dealkylation sites (N-methyl/N-ethyl adjacent to an activating group) is 1. The Morgan fingerprint density at radius 3 is 2.72 bits per heavy atom. The predicted octanol–water partition coefficient (Wildman–Crippen LogP) is 2.61. The average molecular weight is 267 g/mol. The number of benzene rings is 1. The van der Waals surface area contributed by atoms with Gasteiger partial charge in [0.15, 0.2) is 0 Å². The first kappa shape index (κ1) is 15.1. The van der Waals surface area contributed by atoms with Gasteiger partial charge in [0.1, 0.15) is 0 Å². The number of aromatic carboxylic acids is 1. The molecule has 0 heterocycles. The Bertz CT molecular complexity index is 382. The molecule has 0 spiro atoms. The molecule has 0 amide bonds. The van der Waals surface area contributed by atoms with E-state index in [0.717, 1.165) is 25.1 Å². The Morgan fingerprint density at radius 1 is 1.33 bits per heavy atom. The Morgan fingerprint density at radius 2 is 2.06 bits per heavy atom. The van der Waals surface area contributed by atoms with Crippen LogP contribution in [0.2, 0.25) is 0 Å². The molecule has 0 bridgehead atoms. The van der Waals surface area contributed by atoms with Gasteiger partial charge in [-0.3, -0.25) is 0 Å². The van der Waals surface area contributed by atoms with E-state index in [1.54, 1.807) is 12.1 Å². The van der Waals surface area contributed by atoms with Crippen molar-refractivity contribution in [1.29, 1.82) is 0 Å². The minimum atomic E-state index is -0.837. The highest BCUT2D eigenvalue weighted by atomic mass is 32.2. The van der Waals surface area contributed by atoms with Crippen LogP contribution in [0, 0.1) is 0 Å². The summed E-state index contributed by atoms with van der Waals surface area (Å²) in [5.41, 5.74) is 1.34. The number of rotatable bonds is 8. The lowest BCUT2D eigenvalue weighted by molar-refractivity contribution is 0.0695. The maximum Gasteiger partial charge on any atom is 0.335 e. The Balaban J connectivity index is 2.45. The fourth-order valence-electron chi connectivity index (χ4n) is 1.85. The molecule has 18 heavy (non-hydrogen) atoms. The Kier molecular flexibility index (Phi) is 6.83. The van der Waals surface area contributed by atoms with Crippen LogP contribution < -0.4 is 0 Å². The Hall–Kier alpha value is -1.00. The first-order valence-corrected chi connectivity index (χ1v) is 7.53. The molecule has 1 N–H and O–H groups in total. The number of carboxylic acids is 1. The third-order valence-electron chi connectivity index (χ3n) is 2.90. The molecule has 0 radical (unpaired) electrons. The number of hydrogen-bond acceptors (Lipinski definition) is 3. The van der Waals surface area contributed by atoms with Gasteiger partial charge in [0.2, 0.25) is 0 Å². The molecule has 0 aliphatic heterocycles. The van der Waals surface area contributed by atoms with Gasteiger partial charge in [0.05, 0.1) is 5.56 Å². The summed E-state index contributed by atoms with van der Waals surface area (Å²) in [5, 5.41) is 9.09. The molecule has 0 aliphatic rings. The molecule has 0 atom stereocenters. The topological polar surface area (TPSA) is 40.5 Å². The van der Waals surface area contributed by atoms with Crippen molar-refractivity contribution < 1.29 is 9.90 Å². The van der Waals surface area contributed by atoms with E-state index in [9.17, 15) is 4.79 Å². The van der Waals surface area contributed by atoms with Crippen LogP contribution in [0.5, 0.6) is 0 Å². The predicted molar refractivity (Wildman–Crippen MR) is 77.6 cm³/mol. The third-order valence-corrected chi connectivity index (χ3v) is 3.60. The van der Waals surface area contributed by atoms with Gasteiger partial charge >= 0.3 is 5.97 Å². The summed E-state index contributed by atoms with van der Waals surface area (Å²) in [7, 11) is 2.09. The molecule has 1 aromatic rings. The molecule has 0 saturated carbocycles. The molecule has 4 heteroatoms. The van der Waals surface area contributed by atoms with E-state index in [2.05, 4.69) is 18.2 Å². The molecule has 100 valence electrons. The van der Waals surface area contributed by atoms with Gasteiger partial charge in [-0.2, -0.15) is 11.8 Å². The zero-order chi connectivity index (χ0) is 13.4. The highest BCUT2D eigenvalue weighted by Gasteiger charge is 2.09. The lowest BCUT2D eigenvalue weighted by Gasteiger charge is -2.16. The summed E-state index contributed by atoms with van der Waals surface area (Å²) in [5.74, 6) is 0.339. The fourth-order valence-corrected chi connectivity index (χ4v) is 2.27. The van der Waals surface area contributed by atoms with Crippen molar-refractivity contribution in [2.45, 2.75) is 12.8 Å². The highest BCUT2D eigenvalue weighted by Crippen LogP contribution is 2.10. The van der Waals surface area contributed by atoms with Gasteiger partial charge in [0.25, 0.3) is 0 Å². The first-order valence-electron chi connectivity index (χ1n) is 6.14. The molecule has 1 rings (SSSR count). The lowest BCUT2D eigenvalue weighted by atomic mass is 10.0. The number of thioether (sulfide) groups is 1.